The van der Waals surface area contributed by atoms with Crippen molar-refractivity contribution in [2.24, 2.45) is 4.99 Å². The maximum atomic E-state index is 10.7. The lowest BCUT2D eigenvalue weighted by molar-refractivity contribution is 0.0697. The van der Waals surface area contributed by atoms with Gasteiger partial charge in [-0.1, -0.05) is 0 Å². The third-order valence-electron chi connectivity index (χ3n) is 2.66. The highest BCUT2D eigenvalue weighted by Crippen LogP contribution is 2.11. The summed E-state index contributed by atoms with van der Waals surface area (Å²) in [5.74, 6) is -0.0806. The van der Waals surface area contributed by atoms with Gasteiger partial charge in [0.05, 0.1) is 5.56 Å². The number of carboxylic acids is 1. The minimum absolute atomic E-state index is 0.287. The number of aliphatic imine (C=N–C) groups is 1. The zero-order valence-electron chi connectivity index (χ0n) is 9.68. The van der Waals surface area contributed by atoms with E-state index < -0.39 is 5.97 Å². The number of benzene rings is 1. The molecule has 0 atom stereocenters. The molecule has 1 aromatic rings. The van der Waals surface area contributed by atoms with Gasteiger partial charge < -0.3 is 15.3 Å². The lowest BCUT2D eigenvalue weighted by Crippen LogP contribution is -2.37. The summed E-state index contributed by atoms with van der Waals surface area (Å²) in [4.78, 5) is 17.1. The first-order chi connectivity index (χ1) is 8.16. The molecule has 1 aromatic carbocycles. The van der Waals surface area contributed by atoms with Gasteiger partial charge in [-0.15, -0.1) is 0 Å². The number of rotatable bonds is 2. The van der Waals surface area contributed by atoms with Crippen LogP contribution in [-0.2, 0) is 0 Å². The predicted octanol–water partition coefficient (Wildman–Crippen LogP) is 1.49. The molecular formula is C12H15N3O2. The van der Waals surface area contributed by atoms with Crippen LogP contribution in [0.5, 0.6) is 0 Å². The van der Waals surface area contributed by atoms with E-state index in [4.69, 9.17) is 5.11 Å². The van der Waals surface area contributed by atoms with Crippen LogP contribution in [0.25, 0.3) is 0 Å². The van der Waals surface area contributed by atoms with E-state index in [1.807, 2.05) is 7.05 Å². The number of nitrogens with zero attached hydrogens (tertiary/aromatic N) is 2. The molecule has 0 aliphatic carbocycles. The Bertz CT molecular complexity index is 440. The molecule has 0 radical (unpaired) electrons. The lowest BCUT2D eigenvalue weighted by Gasteiger charge is -2.25. The molecule has 1 aliphatic heterocycles. The summed E-state index contributed by atoms with van der Waals surface area (Å²) in [6, 6.07) is 6.64. The molecule has 5 nitrogen and oxygen atoms in total. The Morgan fingerprint density at radius 2 is 2.12 bits per heavy atom. The topological polar surface area (TPSA) is 64.9 Å². The van der Waals surface area contributed by atoms with Crippen molar-refractivity contribution in [3.63, 3.8) is 0 Å². The van der Waals surface area contributed by atoms with Crippen molar-refractivity contribution in [2.45, 2.75) is 6.42 Å². The van der Waals surface area contributed by atoms with E-state index in [1.54, 1.807) is 24.3 Å². The van der Waals surface area contributed by atoms with E-state index in [-0.39, 0.29) is 5.56 Å². The second kappa shape index (κ2) is 4.86. The van der Waals surface area contributed by atoms with Crippen molar-refractivity contribution in [3.8, 4) is 0 Å². The van der Waals surface area contributed by atoms with Gasteiger partial charge in [-0.25, -0.2) is 4.79 Å². The van der Waals surface area contributed by atoms with Crippen LogP contribution < -0.4 is 5.32 Å². The Labute approximate surface area is 99.8 Å². The van der Waals surface area contributed by atoms with E-state index in [9.17, 15) is 4.79 Å². The first kappa shape index (κ1) is 11.4. The molecule has 0 spiro atoms. The van der Waals surface area contributed by atoms with Crippen molar-refractivity contribution in [1.29, 1.82) is 0 Å². The third kappa shape index (κ3) is 2.75. The Balaban J connectivity index is 2.08. The normalized spacial score (nSPS) is 15.4. The Morgan fingerprint density at radius 1 is 1.41 bits per heavy atom. The summed E-state index contributed by atoms with van der Waals surface area (Å²) >= 11 is 0. The van der Waals surface area contributed by atoms with Crippen LogP contribution in [0, 0.1) is 0 Å². The van der Waals surface area contributed by atoms with Gasteiger partial charge >= 0.3 is 5.97 Å². The maximum Gasteiger partial charge on any atom is 0.335 e. The number of aromatic carboxylic acids is 1. The van der Waals surface area contributed by atoms with Crippen LogP contribution in [0.2, 0.25) is 0 Å². The van der Waals surface area contributed by atoms with Gasteiger partial charge in [0.1, 0.15) is 0 Å². The molecular weight excluding hydrogens is 218 g/mol. The number of hydrogen-bond donors (Lipinski definition) is 2. The fourth-order valence-electron chi connectivity index (χ4n) is 1.68. The zero-order chi connectivity index (χ0) is 12.3. The molecule has 0 amide bonds. The van der Waals surface area contributed by atoms with Crippen LogP contribution in [-0.4, -0.2) is 42.1 Å². The zero-order valence-corrected chi connectivity index (χ0v) is 9.68. The summed E-state index contributed by atoms with van der Waals surface area (Å²) in [6.07, 6.45) is 1.07. The molecule has 0 saturated heterocycles. The van der Waals surface area contributed by atoms with Gasteiger partial charge in [0.25, 0.3) is 0 Å². The molecule has 1 aliphatic rings. The van der Waals surface area contributed by atoms with Crippen LogP contribution in [0.4, 0.5) is 5.69 Å². The van der Waals surface area contributed by atoms with Gasteiger partial charge in [0.2, 0.25) is 0 Å². The number of guanidine groups is 1. The van der Waals surface area contributed by atoms with Gasteiger partial charge in [-0.3, -0.25) is 4.99 Å². The van der Waals surface area contributed by atoms with E-state index in [0.29, 0.717) is 0 Å². The molecule has 90 valence electrons. The van der Waals surface area contributed by atoms with Crippen LogP contribution in [0.15, 0.2) is 29.3 Å². The average molecular weight is 233 g/mol. The summed E-state index contributed by atoms with van der Waals surface area (Å²) in [5, 5.41) is 12.0. The summed E-state index contributed by atoms with van der Waals surface area (Å²) in [6.45, 7) is 1.82. The van der Waals surface area contributed by atoms with E-state index in [0.717, 1.165) is 31.2 Å². The molecule has 0 unspecified atom stereocenters. The summed E-state index contributed by atoms with van der Waals surface area (Å²) < 4.78 is 0. The predicted molar refractivity (Wildman–Crippen MR) is 66.6 cm³/mol. The number of nitrogens with one attached hydrogen (secondary N) is 1. The van der Waals surface area contributed by atoms with Crippen molar-refractivity contribution in [2.75, 3.05) is 25.5 Å². The fraction of sp³-hybridized carbons (Fsp3) is 0.333. The Hall–Kier alpha value is -2.04. The second-order valence-corrected chi connectivity index (χ2v) is 3.99. The standard InChI is InChI=1S/C12H15N3O2/c1-15-8-2-7-13-12(15)14-10-5-3-9(4-6-10)11(16)17/h3-6H,2,7-8H2,1H3,(H,13,14)(H,16,17). The minimum Gasteiger partial charge on any atom is -0.478 e. The van der Waals surface area contributed by atoms with Gasteiger partial charge in [-0.2, -0.15) is 0 Å². The molecule has 17 heavy (non-hydrogen) atoms. The van der Waals surface area contributed by atoms with Crippen LogP contribution in [0.1, 0.15) is 16.8 Å². The summed E-state index contributed by atoms with van der Waals surface area (Å²) in [5.41, 5.74) is 1.14. The second-order valence-electron chi connectivity index (χ2n) is 3.99. The highest BCUT2D eigenvalue weighted by Gasteiger charge is 2.11. The number of anilines is 1. The fourth-order valence-corrected chi connectivity index (χ4v) is 1.68. The molecule has 5 heteroatoms. The molecule has 0 saturated carbocycles. The largest absolute Gasteiger partial charge is 0.478 e. The van der Waals surface area contributed by atoms with Gasteiger partial charge in [-0.05, 0) is 30.7 Å². The average Bonchev–Trinajstić information content (AvgIpc) is 2.33. The van der Waals surface area contributed by atoms with E-state index in [1.165, 1.54) is 0 Å². The van der Waals surface area contributed by atoms with Gasteiger partial charge in [0.15, 0.2) is 5.96 Å². The molecule has 0 bridgehead atoms. The SMILES string of the molecule is CN1CCCN=C1Nc1ccc(C(=O)O)cc1. The van der Waals surface area contributed by atoms with Crippen LogP contribution in [0.3, 0.4) is 0 Å². The van der Waals surface area contributed by atoms with E-state index in [2.05, 4.69) is 15.2 Å². The quantitative estimate of drug-likeness (QED) is 0.812. The number of carbonyl (C=O) groups is 1. The van der Waals surface area contributed by atoms with Crippen molar-refractivity contribution >= 4 is 17.6 Å². The number of carboxylic acid groups (broad SMARTS) is 1. The maximum absolute atomic E-state index is 10.7. The lowest BCUT2D eigenvalue weighted by atomic mass is 10.2. The minimum atomic E-state index is -0.913. The van der Waals surface area contributed by atoms with Crippen molar-refractivity contribution < 1.29 is 9.90 Å². The highest BCUT2D eigenvalue weighted by atomic mass is 16.4. The van der Waals surface area contributed by atoms with Crippen molar-refractivity contribution in [1.82, 2.24) is 4.90 Å². The Morgan fingerprint density at radius 3 is 2.71 bits per heavy atom. The molecule has 1 heterocycles. The first-order valence-corrected chi connectivity index (χ1v) is 5.53. The third-order valence-corrected chi connectivity index (χ3v) is 2.66. The molecule has 2 N–H and O–H groups in total. The van der Waals surface area contributed by atoms with E-state index >= 15 is 0 Å². The van der Waals surface area contributed by atoms with Gasteiger partial charge in [0, 0.05) is 25.8 Å². The first-order valence-electron chi connectivity index (χ1n) is 5.53. The molecule has 0 fully saturated rings. The number of hydrogen-bond acceptors (Lipinski definition) is 4. The van der Waals surface area contributed by atoms with Crippen molar-refractivity contribution in [3.05, 3.63) is 29.8 Å². The Kier molecular flexibility index (Phi) is 3.27. The molecule has 0 aromatic heterocycles. The molecule has 2 rings (SSSR count). The highest BCUT2D eigenvalue weighted by molar-refractivity contribution is 5.94. The van der Waals surface area contributed by atoms with Crippen LogP contribution >= 0.6 is 0 Å². The monoisotopic (exact) mass is 233 g/mol. The summed E-state index contributed by atoms with van der Waals surface area (Å²) in [7, 11) is 1.98. The smallest absolute Gasteiger partial charge is 0.335 e.